The zero-order chi connectivity index (χ0) is 21.1. The lowest BCUT2D eigenvalue weighted by Gasteiger charge is -2.31. The van der Waals surface area contributed by atoms with Crippen molar-refractivity contribution < 1.29 is 19.4 Å². The Kier molecular flexibility index (Phi) is 5.71. The van der Waals surface area contributed by atoms with Crippen LogP contribution in [0.3, 0.4) is 0 Å². The maximum atomic E-state index is 12.4. The van der Waals surface area contributed by atoms with Crippen LogP contribution < -0.4 is 10.2 Å². The van der Waals surface area contributed by atoms with Crippen LogP contribution in [-0.4, -0.2) is 37.1 Å². The monoisotopic (exact) mass is 410 g/mol. The molecule has 8 nitrogen and oxygen atoms in total. The highest BCUT2D eigenvalue weighted by Gasteiger charge is 2.26. The van der Waals surface area contributed by atoms with Crippen LogP contribution in [0.1, 0.15) is 39.2 Å². The Hall–Kier alpha value is -3.56. The number of nitriles is 2. The largest absolute Gasteiger partial charge is 0.506 e. The number of nitrogens with one attached hydrogen (secondary N) is 1. The predicted octanol–water partition coefficient (Wildman–Crippen LogP) is 3.20. The van der Waals surface area contributed by atoms with Crippen molar-refractivity contribution in [2.45, 2.75) is 19.8 Å². The molecule has 0 fully saturated rings. The van der Waals surface area contributed by atoms with Crippen molar-refractivity contribution in [3.63, 3.8) is 0 Å². The van der Waals surface area contributed by atoms with E-state index in [2.05, 4.69) is 16.1 Å². The number of rotatable bonds is 5. The maximum Gasteiger partial charge on any atom is 0.307 e. The highest BCUT2D eigenvalue weighted by molar-refractivity contribution is 7.17. The van der Waals surface area contributed by atoms with E-state index in [9.17, 15) is 25.2 Å². The molecule has 0 bridgehead atoms. The lowest BCUT2D eigenvalue weighted by molar-refractivity contribution is -0.140. The smallest absolute Gasteiger partial charge is 0.307 e. The van der Waals surface area contributed by atoms with Crippen LogP contribution in [0.25, 0.3) is 0 Å². The molecular formula is C20H18N4O4S. The van der Waals surface area contributed by atoms with Gasteiger partial charge in [0.2, 0.25) is 0 Å². The van der Waals surface area contributed by atoms with E-state index in [1.165, 1.54) is 13.2 Å². The van der Waals surface area contributed by atoms with Gasteiger partial charge in [-0.2, -0.15) is 10.5 Å². The van der Waals surface area contributed by atoms with Crippen LogP contribution >= 0.6 is 11.3 Å². The molecule has 2 heterocycles. The molecule has 1 aromatic carbocycles. The third kappa shape index (κ3) is 3.86. The van der Waals surface area contributed by atoms with Gasteiger partial charge in [0.25, 0.3) is 0 Å². The van der Waals surface area contributed by atoms with Gasteiger partial charge in [0.1, 0.15) is 27.8 Å². The first-order chi connectivity index (χ1) is 13.9. The Bertz CT molecular complexity index is 1080. The zero-order valence-corrected chi connectivity index (χ0v) is 16.7. The Morgan fingerprint density at radius 2 is 2.14 bits per heavy atom. The number of esters is 1. The summed E-state index contributed by atoms with van der Waals surface area (Å²) in [6.45, 7) is 2.50. The van der Waals surface area contributed by atoms with Crippen LogP contribution in [-0.2, 0) is 9.53 Å². The van der Waals surface area contributed by atoms with Crippen molar-refractivity contribution in [3.8, 4) is 17.9 Å². The minimum atomic E-state index is -0.351. The minimum absolute atomic E-state index is 0.0713. The number of hydrogen-bond donors (Lipinski definition) is 2. The number of ether oxygens (including phenoxy) is 1. The van der Waals surface area contributed by atoms with Gasteiger partial charge in [-0.3, -0.25) is 9.59 Å². The fourth-order valence-corrected chi connectivity index (χ4v) is 4.15. The number of fused-ring (bicyclic) bond motifs is 1. The van der Waals surface area contributed by atoms with Crippen LogP contribution in [0.2, 0.25) is 0 Å². The average Bonchev–Trinajstić information content (AvgIpc) is 3.02. The van der Waals surface area contributed by atoms with Crippen molar-refractivity contribution in [1.82, 2.24) is 0 Å². The Morgan fingerprint density at radius 1 is 1.38 bits per heavy atom. The number of carbonyl (C=O) groups is 2. The number of hydrogen-bond acceptors (Lipinski definition) is 9. The maximum absolute atomic E-state index is 12.4. The molecule has 2 aromatic rings. The molecule has 0 radical (unpaired) electrons. The molecule has 1 aliphatic heterocycles. The Labute approximate surface area is 171 Å². The lowest BCUT2D eigenvalue weighted by Crippen LogP contribution is -2.34. The van der Waals surface area contributed by atoms with Gasteiger partial charge in [-0.25, -0.2) is 0 Å². The van der Waals surface area contributed by atoms with Crippen molar-refractivity contribution >= 4 is 39.5 Å². The topological polar surface area (TPSA) is 126 Å². The summed E-state index contributed by atoms with van der Waals surface area (Å²) in [7, 11) is 1.32. The normalized spacial score (nSPS) is 12.7. The number of thiophene rings is 1. The van der Waals surface area contributed by atoms with E-state index in [-0.39, 0.29) is 29.6 Å². The molecular weight excluding hydrogens is 392 g/mol. The zero-order valence-electron chi connectivity index (χ0n) is 15.9. The van der Waals surface area contributed by atoms with E-state index in [1.807, 2.05) is 11.0 Å². The van der Waals surface area contributed by atoms with Gasteiger partial charge in [-0.05, 0) is 18.6 Å². The van der Waals surface area contributed by atoms with Crippen molar-refractivity contribution in [1.29, 1.82) is 10.5 Å². The number of phenolic OH excluding ortho intramolecular Hbond substituents is 1. The van der Waals surface area contributed by atoms with Gasteiger partial charge in [-0.1, -0.05) is 0 Å². The fourth-order valence-electron chi connectivity index (χ4n) is 3.18. The van der Waals surface area contributed by atoms with E-state index in [0.717, 1.165) is 11.3 Å². The molecule has 2 N–H and O–H groups in total. The average molecular weight is 410 g/mol. The van der Waals surface area contributed by atoms with Crippen molar-refractivity contribution in [3.05, 3.63) is 33.7 Å². The van der Waals surface area contributed by atoms with Gasteiger partial charge in [0.15, 0.2) is 5.78 Å². The molecule has 0 spiro atoms. The molecule has 0 amide bonds. The van der Waals surface area contributed by atoms with Crippen LogP contribution in [0, 0.1) is 29.6 Å². The minimum Gasteiger partial charge on any atom is -0.506 e. The van der Waals surface area contributed by atoms with Crippen molar-refractivity contribution in [2.24, 2.45) is 0 Å². The summed E-state index contributed by atoms with van der Waals surface area (Å²) in [5.41, 5.74) is 2.15. The van der Waals surface area contributed by atoms with Gasteiger partial charge < -0.3 is 20.1 Å². The summed E-state index contributed by atoms with van der Waals surface area (Å²) in [5, 5.41) is 32.5. The summed E-state index contributed by atoms with van der Waals surface area (Å²) < 4.78 is 4.66. The second-order valence-electron chi connectivity index (χ2n) is 6.48. The first-order valence-electron chi connectivity index (χ1n) is 8.82. The highest BCUT2D eigenvalue weighted by atomic mass is 32.1. The quantitative estimate of drug-likeness (QED) is 0.568. The molecule has 29 heavy (non-hydrogen) atoms. The second kappa shape index (κ2) is 8.21. The highest BCUT2D eigenvalue weighted by Crippen LogP contribution is 2.40. The van der Waals surface area contributed by atoms with Gasteiger partial charge in [0, 0.05) is 31.1 Å². The van der Waals surface area contributed by atoms with Crippen LogP contribution in [0.5, 0.6) is 5.75 Å². The SMILES string of the molecule is COC(=O)CCN1CCC(=O)c2cc(Nc3sc(C#N)c(C)c3C#N)c(O)cc21. The van der Waals surface area contributed by atoms with Crippen LogP contribution in [0.15, 0.2) is 12.1 Å². The summed E-state index contributed by atoms with van der Waals surface area (Å²) in [5.74, 6) is -0.524. The van der Waals surface area contributed by atoms with Gasteiger partial charge in [0.05, 0.1) is 30.5 Å². The number of carbonyl (C=O) groups excluding carboxylic acids is 2. The second-order valence-corrected chi connectivity index (χ2v) is 7.50. The van der Waals surface area contributed by atoms with E-state index in [4.69, 9.17) is 0 Å². The van der Waals surface area contributed by atoms with E-state index in [0.29, 0.717) is 51.8 Å². The number of methoxy groups -OCH3 is 1. The number of ketones is 1. The predicted molar refractivity (Wildman–Crippen MR) is 108 cm³/mol. The standard InChI is InChI=1S/C20H18N4O4S/c1-11-13(9-21)20(29-18(11)10-22)23-14-7-12-15(8-17(14)26)24(5-3-16(12)25)6-4-19(27)28-2/h7-8,23,26H,3-6H2,1-2H3. The Balaban J connectivity index is 1.95. The van der Waals surface area contributed by atoms with Crippen molar-refractivity contribution in [2.75, 3.05) is 30.4 Å². The number of Topliss-reactive ketones (excluding diaryl/α,β-unsaturated/α-hetero) is 1. The molecule has 3 rings (SSSR count). The lowest BCUT2D eigenvalue weighted by atomic mass is 9.98. The first-order valence-corrected chi connectivity index (χ1v) is 9.63. The molecule has 0 saturated heterocycles. The number of anilines is 3. The molecule has 9 heteroatoms. The number of benzene rings is 1. The fraction of sp³-hybridized carbons (Fsp3) is 0.300. The number of nitrogens with zero attached hydrogens (tertiary/aromatic N) is 3. The third-order valence-electron chi connectivity index (χ3n) is 4.79. The molecule has 1 aliphatic rings. The molecule has 1 aromatic heterocycles. The van der Waals surface area contributed by atoms with E-state index in [1.54, 1.807) is 13.0 Å². The number of aromatic hydroxyl groups is 1. The molecule has 148 valence electrons. The van der Waals surface area contributed by atoms with E-state index >= 15 is 0 Å². The van der Waals surface area contributed by atoms with E-state index < -0.39 is 0 Å². The molecule has 0 unspecified atom stereocenters. The van der Waals surface area contributed by atoms with Gasteiger partial charge in [-0.15, -0.1) is 11.3 Å². The molecule has 0 aliphatic carbocycles. The van der Waals surface area contributed by atoms with Gasteiger partial charge >= 0.3 is 5.97 Å². The Morgan fingerprint density at radius 3 is 2.79 bits per heavy atom. The summed E-state index contributed by atoms with van der Waals surface area (Å²) in [6, 6.07) is 7.13. The van der Waals surface area contributed by atoms with Crippen LogP contribution in [0.4, 0.5) is 16.4 Å². The summed E-state index contributed by atoms with van der Waals surface area (Å²) in [4.78, 5) is 26.2. The summed E-state index contributed by atoms with van der Waals surface area (Å²) >= 11 is 1.11. The third-order valence-corrected chi connectivity index (χ3v) is 5.90. The first kappa shape index (κ1) is 20.2. The molecule has 0 atom stereocenters. The molecule has 0 saturated carbocycles. The summed E-state index contributed by atoms with van der Waals surface area (Å²) in [6.07, 6.45) is 0.459. The number of phenols is 1.